The summed E-state index contributed by atoms with van der Waals surface area (Å²) in [6, 6.07) is 5.95. The molecule has 130 valence electrons. The first kappa shape index (κ1) is 15.8. The maximum atomic E-state index is 12.7. The smallest absolute Gasteiger partial charge is 0.274 e. The molecule has 0 aliphatic carbocycles. The van der Waals surface area contributed by atoms with E-state index in [2.05, 4.69) is 19.9 Å². The van der Waals surface area contributed by atoms with E-state index in [1.54, 1.807) is 11.1 Å². The van der Waals surface area contributed by atoms with Crippen LogP contribution in [0.4, 0.5) is 5.82 Å². The number of methoxy groups -OCH3 is 1. The third-order valence-corrected chi connectivity index (χ3v) is 4.59. The lowest BCUT2D eigenvalue weighted by atomic mass is 10.1. The molecule has 2 aliphatic heterocycles. The zero-order valence-corrected chi connectivity index (χ0v) is 13.9. The molecule has 8 nitrogen and oxygen atoms in total. The molecule has 0 saturated carbocycles. The molecular formula is C17H19N5O3. The summed E-state index contributed by atoms with van der Waals surface area (Å²) in [5, 5.41) is 0. The van der Waals surface area contributed by atoms with E-state index in [0.717, 1.165) is 12.4 Å². The van der Waals surface area contributed by atoms with Crippen LogP contribution in [0.15, 0.2) is 36.8 Å². The van der Waals surface area contributed by atoms with Gasteiger partial charge >= 0.3 is 0 Å². The van der Waals surface area contributed by atoms with Crippen LogP contribution in [0.2, 0.25) is 0 Å². The van der Waals surface area contributed by atoms with Gasteiger partial charge in [-0.05, 0) is 12.1 Å². The lowest BCUT2D eigenvalue weighted by molar-refractivity contribution is 0.0299. The molecule has 2 fully saturated rings. The molecule has 25 heavy (non-hydrogen) atoms. The van der Waals surface area contributed by atoms with Crippen LogP contribution < -0.4 is 9.64 Å². The van der Waals surface area contributed by atoms with Crippen LogP contribution >= 0.6 is 0 Å². The first-order valence-electron chi connectivity index (χ1n) is 8.21. The Kier molecular flexibility index (Phi) is 4.19. The first-order chi connectivity index (χ1) is 12.3. The fourth-order valence-corrected chi connectivity index (χ4v) is 3.36. The van der Waals surface area contributed by atoms with Crippen molar-refractivity contribution in [1.29, 1.82) is 0 Å². The standard InChI is InChI=1S/C17H19N5O3/c1-24-16-9-19-12(8-20-16)17(23)21-10-13-14(11-21)25-7-6-22(13)15-4-2-3-5-18-15/h2-5,8-9,13-14H,6-7,10-11H2,1H3/t13-,14-/m0/s1. The fraction of sp³-hybridized carbons (Fsp3) is 0.412. The quantitative estimate of drug-likeness (QED) is 0.809. The van der Waals surface area contributed by atoms with E-state index in [1.165, 1.54) is 19.5 Å². The van der Waals surface area contributed by atoms with Gasteiger partial charge in [0, 0.05) is 25.8 Å². The number of rotatable bonds is 3. The average molecular weight is 341 g/mol. The molecule has 0 aromatic carbocycles. The molecule has 1 amide bonds. The van der Waals surface area contributed by atoms with E-state index in [-0.39, 0.29) is 18.1 Å². The summed E-state index contributed by atoms with van der Waals surface area (Å²) in [4.78, 5) is 29.4. The number of fused-ring (bicyclic) bond motifs is 1. The summed E-state index contributed by atoms with van der Waals surface area (Å²) in [5.41, 5.74) is 0.309. The Hall–Kier alpha value is -2.74. The second-order valence-corrected chi connectivity index (χ2v) is 6.01. The van der Waals surface area contributed by atoms with Crippen molar-refractivity contribution in [3.63, 3.8) is 0 Å². The van der Waals surface area contributed by atoms with Crippen molar-refractivity contribution in [2.75, 3.05) is 38.3 Å². The highest BCUT2D eigenvalue weighted by Gasteiger charge is 2.42. The second-order valence-electron chi connectivity index (χ2n) is 6.01. The molecular weight excluding hydrogens is 322 g/mol. The van der Waals surface area contributed by atoms with Gasteiger partial charge in [0.1, 0.15) is 11.5 Å². The Morgan fingerprint density at radius 2 is 2.16 bits per heavy atom. The van der Waals surface area contributed by atoms with E-state index in [1.807, 2.05) is 18.2 Å². The molecule has 4 heterocycles. The lowest BCUT2D eigenvalue weighted by Crippen LogP contribution is -2.51. The van der Waals surface area contributed by atoms with Crippen LogP contribution in [-0.2, 0) is 4.74 Å². The van der Waals surface area contributed by atoms with Gasteiger partial charge in [0.05, 0.1) is 38.3 Å². The highest BCUT2D eigenvalue weighted by Crippen LogP contribution is 2.27. The summed E-state index contributed by atoms with van der Waals surface area (Å²) >= 11 is 0. The third kappa shape index (κ3) is 3.00. The van der Waals surface area contributed by atoms with Crippen molar-refractivity contribution in [3.8, 4) is 5.88 Å². The van der Waals surface area contributed by atoms with Gasteiger partial charge in [-0.1, -0.05) is 6.07 Å². The minimum absolute atomic E-state index is 0.0223. The molecule has 0 unspecified atom stereocenters. The number of ether oxygens (including phenoxy) is 2. The van der Waals surface area contributed by atoms with Crippen molar-refractivity contribution in [2.45, 2.75) is 12.1 Å². The van der Waals surface area contributed by atoms with E-state index in [9.17, 15) is 4.79 Å². The van der Waals surface area contributed by atoms with Crippen LogP contribution in [0.5, 0.6) is 5.88 Å². The molecule has 0 radical (unpaired) electrons. The lowest BCUT2D eigenvalue weighted by Gasteiger charge is -2.37. The topological polar surface area (TPSA) is 80.7 Å². The fourth-order valence-electron chi connectivity index (χ4n) is 3.36. The number of hydrogen-bond acceptors (Lipinski definition) is 7. The van der Waals surface area contributed by atoms with Crippen LogP contribution in [-0.4, -0.2) is 71.3 Å². The summed E-state index contributed by atoms with van der Waals surface area (Å²) in [6.07, 6.45) is 4.66. The number of morpholine rings is 1. The molecule has 2 atom stereocenters. The highest BCUT2D eigenvalue weighted by atomic mass is 16.5. The number of nitrogens with zero attached hydrogens (tertiary/aromatic N) is 5. The Morgan fingerprint density at radius 1 is 1.24 bits per heavy atom. The number of aromatic nitrogens is 3. The predicted octanol–water partition coefficient (Wildman–Crippen LogP) is 0.610. The highest BCUT2D eigenvalue weighted by molar-refractivity contribution is 5.92. The number of pyridine rings is 1. The van der Waals surface area contributed by atoms with Crippen molar-refractivity contribution in [3.05, 3.63) is 42.5 Å². The monoisotopic (exact) mass is 341 g/mol. The largest absolute Gasteiger partial charge is 0.480 e. The van der Waals surface area contributed by atoms with Gasteiger partial charge < -0.3 is 19.3 Å². The molecule has 0 spiro atoms. The summed E-state index contributed by atoms with van der Waals surface area (Å²) < 4.78 is 10.9. The van der Waals surface area contributed by atoms with E-state index in [0.29, 0.717) is 31.3 Å². The normalized spacial score (nSPS) is 22.6. The molecule has 2 aromatic heterocycles. The van der Waals surface area contributed by atoms with E-state index in [4.69, 9.17) is 9.47 Å². The summed E-state index contributed by atoms with van der Waals surface area (Å²) in [6.45, 7) is 2.51. The van der Waals surface area contributed by atoms with Crippen LogP contribution in [0, 0.1) is 0 Å². The van der Waals surface area contributed by atoms with Crippen molar-refractivity contribution < 1.29 is 14.3 Å². The van der Waals surface area contributed by atoms with Gasteiger partial charge in [-0.15, -0.1) is 0 Å². The predicted molar refractivity (Wildman–Crippen MR) is 89.6 cm³/mol. The number of hydrogen-bond donors (Lipinski definition) is 0. The zero-order valence-electron chi connectivity index (χ0n) is 13.9. The van der Waals surface area contributed by atoms with Gasteiger partial charge in [0.2, 0.25) is 5.88 Å². The average Bonchev–Trinajstić information content (AvgIpc) is 3.12. The van der Waals surface area contributed by atoms with Crippen molar-refractivity contribution >= 4 is 11.7 Å². The summed E-state index contributed by atoms with van der Waals surface area (Å²) in [5.74, 6) is 1.16. The Bertz CT molecular complexity index is 740. The van der Waals surface area contributed by atoms with Gasteiger partial charge in [-0.3, -0.25) is 4.79 Å². The molecule has 4 rings (SSSR count). The number of anilines is 1. The molecule has 2 aliphatic rings. The zero-order chi connectivity index (χ0) is 17.2. The molecule has 0 N–H and O–H groups in total. The molecule has 2 saturated heterocycles. The van der Waals surface area contributed by atoms with Gasteiger partial charge in [0.15, 0.2) is 0 Å². The molecule has 0 bridgehead atoms. The number of carbonyl (C=O) groups excluding carboxylic acids is 1. The first-order valence-corrected chi connectivity index (χ1v) is 8.21. The van der Waals surface area contributed by atoms with E-state index >= 15 is 0 Å². The SMILES string of the molecule is COc1cnc(C(=O)N2C[C@@H]3OCCN(c4ccccn4)[C@H]3C2)cn1. The molecule has 2 aromatic rings. The van der Waals surface area contributed by atoms with E-state index < -0.39 is 0 Å². The molecule has 8 heteroatoms. The number of amides is 1. The minimum Gasteiger partial charge on any atom is -0.480 e. The maximum absolute atomic E-state index is 12.7. The minimum atomic E-state index is -0.144. The van der Waals surface area contributed by atoms with Crippen LogP contribution in [0.1, 0.15) is 10.5 Å². The Morgan fingerprint density at radius 3 is 2.88 bits per heavy atom. The third-order valence-electron chi connectivity index (χ3n) is 4.59. The number of carbonyl (C=O) groups is 1. The van der Waals surface area contributed by atoms with Gasteiger partial charge in [-0.2, -0.15) is 0 Å². The van der Waals surface area contributed by atoms with Gasteiger partial charge in [-0.25, -0.2) is 15.0 Å². The van der Waals surface area contributed by atoms with Gasteiger partial charge in [0.25, 0.3) is 5.91 Å². The number of likely N-dealkylation sites (tertiary alicyclic amines) is 1. The van der Waals surface area contributed by atoms with Crippen LogP contribution in [0.3, 0.4) is 0 Å². The van der Waals surface area contributed by atoms with Crippen molar-refractivity contribution in [1.82, 2.24) is 19.9 Å². The Balaban J connectivity index is 1.51. The summed E-state index contributed by atoms with van der Waals surface area (Å²) in [7, 11) is 1.51. The van der Waals surface area contributed by atoms with Crippen LogP contribution in [0.25, 0.3) is 0 Å². The Labute approximate surface area is 145 Å². The maximum Gasteiger partial charge on any atom is 0.274 e. The van der Waals surface area contributed by atoms with Crippen molar-refractivity contribution in [2.24, 2.45) is 0 Å². The second kappa shape index (κ2) is 6.64.